The Morgan fingerprint density at radius 3 is 2.82 bits per heavy atom. The Morgan fingerprint density at radius 1 is 1.53 bits per heavy atom. The zero-order valence-corrected chi connectivity index (χ0v) is 10.2. The van der Waals surface area contributed by atoms with Crippen LogP contribution in [-0.4, -0.2) is 19.6 Å². The third kappa shape index (κ3) is 2.70. The molecule has 1 aromatic rings. The molecule has 0 saturated heterocycles. The van der Waals surface area contributed by atoms with Crippen LogP contribution in [0.5, 0.6) is 5.75 Å². The van der Waals surface area contributed by atoms with Crippen molar-refractivity contribution in [1.82, 2.24) is 5.32 Å². The maximum absolute atomic E-state index is 11.9. The third-order valence-electron chi connectivity index (χ3n) is 3.27. The summed E-state index contributed by atoms with van der Waals surface area (Å²) < 4.78 is 5.09. The van der Waals surface area contributed by atoms with Crippen molar-refractivity contribution >= 4 is 11.6 Å². The van der Waals surface area contributed by atoms with Gasteiger partial charge in [0, 0.05) is 12.1 Å². The lowest BCUT2D eigenvalue weighted by Gasteiger charge is -2.11. The number of nitrogen functional groups attached to an aromatic ring is 1. The van der Waals surface area contributed by atoms with Gasteiger partial charge in [-0.05, 0) is 36.5 Å². The van der Waals surface area contributed by atoms with E-state index in [1.165, 1.54) is 12.8 Å². The smallest absolute Gasteiger partial charge is 0.251 e. The van der Waals surface area contributed by atoms with Crippen molar-refractivity contribution in [2.75, 3.05) is 19.4 Å². The molecule has 0 radical (unpaired) electrons. The minimum absolute atomic E-state index is 0.0728. The number of hydrogen-bond donors (Lipinski definition) is 2. The Balaban J connectivity index is 2.03. The second kappa shape index (κ2) is 4.28. The quantitative estimate of drug-likeness (QED) is 0.781. The Kier molecular flexibility index (Phi) is 2.96. The molecule has 92 valence electrons. The summed E-state index contributed by atoms with van der Waals surface area (Å²) in [6, 6.07) is 5.06. The molecule has 2 rings (SSSR count). The number of nitrogens with one attached hydrogen (secondary N) is 1. The molecule has 0 heterocycles. The molecule has 1 aliphatic rings. The SMILES string of the molecule is COc1cc(C(=O)NCC2(C)CC2)ccc1N. The van der Waals surface area contributed by atoms with Crippen LogP contribution >= 0.6 is 0 Å². The molecule has 0 bridgehead atoms. The number of carbonyl (C=O) groups is 1. The van der Waals surface area contributed by atoms with Crippen LogP contribution in [0.25, 0.3) is 0 Å². The lowest BCUT2D eigenvalue weighted by molar-refractivity contribution is 0.0946. The highest BCUT2D eigenvalue weighted by atomic mass is 16.5. The van der Waals surface area contributed by atoms with Crippen LogP contribution in [-0.2, 0) is 0 Å². The third-order valence-corrected chi connectivity index (χ3v) is 3.27. The van der Waals surface area contributed by atoms with Crippen LogP contribution in [0.15, 0.2) is 18.2 Å². The Hall–Kier alpha value is -1.71. The number of amides is 1. The highest BCUT2D eigenvalue weighted by Gasteiger charge is 2.37. The maximum atomic E-state index is 11.9. The molecule has 0 aliphatic heterocycles. The first-order valence-corrected chi connectivity index (χ1v) is 5.76. The van der Waals surface area contributed by atoms with Gasteiger partial charge in [0.05, 0.1) is 12.8 Å². The first-order chi connectivity index (χ1) is 8.04. The van der Waals surface area contributed by atoms with Crippen molar-refractivity contribution in [2.24, 2.45) is 5.41 Å². The average Bonchev–Trinajstić information content (AvgIpc) is 3.05. The lowest BCUT2D eigenvalue weighted by atomic mass is 10.1. The Bertz CT molecular complexity index is 439. The molecule has 1 amide bonds. The van der Waals surface area contributed by atoms with Crippen LogP contribution in [0.3, 0.4) is 0 Å². The van der Waals surface area contributed by atoms with Crippen LogP contribution in [0.2, 0.25) is 0 Å². The van der Waals surface area contributed by atoms with Crippen molar-refractivity contribution in [3.05, 3.63) is 23.8 Å². The number of rotatable bonds is 4. The molecule has 0 unspecified atom stereocenters. The van der Waals surface area contributed by atoms with Gasteiger partial charge >= 0.3 is 0 Å². The van der Waals surface area contributed by atoms with Gasteiger partial charge in [-0.2, -0.15) is 0 Å². The summed E-state index contributed by atoms with van der Waals surface area (Å²) in [5, 5.41) is 2.94. The molecule has 3 N–H and O–H groups in total. The molecule has 1 saturated carbocycles. The normalized spacial score (nSPS) is 16.4. The van der Waals surface area contributed by atoms with Crippen LogP contribution in [0.4, 0.5) is 5.69 Å². The summed E-state index contributed by atoms with van der Waals surface area (Å²) in [4.78, 5) is 11.9. The van der Waals surface area contributed by atoms with Gasteiger partial charge in [-0.3, -0.25) is 4.79 Å². The number of anilines is 1. The first kappa shape index (κ1) is 11.8. The number of nitrogens with two attached hydrogens (primary N) is 1. The van der Waals surface area contributed by atoms with Crippen molar-refractivity contribution < 1.29 is 9.53 Å². The molecule has 4 heteroatoms. The molecule has 4 nitrogen and oxygen atoms in total. The Labute approximate surface area is 101 Å². The zero-order chi connectivity index (χ0) is 12.5. The largest absolute Gasteiger partial charge is 0.495 e. The summed E-state index contributed by atoms with van der Waals surface area (Å²) in [6.45, 7) is 2.91. The molecule has 0 atom stereocenters. The minimum atomic E-state index is -0.0728. The number of ether oxygens (including phenoxy) is 1. The summed E-state index contributed by atoms with van der Waals surface area (Å²) in [5.74, 6) is 0.465. The fourth-order valence-electron chi connectivity index (χ4n) is 1.64. The van der Waals surface area contributed by atoms with E-state index in [9.17, 15) is 4.79 Å². The van der Waals surface area contributed by atoms with Gasteiger partial charge in [0.25, 0.3) is 5.91 Å². The van der Waals surface area contributed by atoms with Crippen molar-refractivity contribution in [1.29, 1.82) is 0 Å². The fourth-order valence-corrected chi connectivity index (χ4v) is 1.64. The number of carbonyl (C=O) groups excluding carboxylic acids is 1. The van der Waals surface area contributed by atoms with Crippen molar-refractivity contribution in [3.8, 4) is 5.75 Å². The van der Waals surface area contributed by atoms with E-state index in [-0.39, 0.29) is 5.91 Å². The van der Waals surface area contributed by atoms with E-state index >= 15 is 0 Å². The lowest BCUT2D eigenvalue weighted by Crippen LogP contribution is -2.28. The molecule has 1 aliphatic carbocycles. The number of benzene rings is 1. The van der Waals surface area contributed by atoms with Crippen molar-refractivity contribution in [2.45, 2.75) is 19.8 Å². The molecule has 17 heavy (non-hydrogen) atoms. The summed E-state index contributed by atoms with van der Waals surface area (Å²) >= 11 is 0. The molecule has 1 fully saturated rings. The van der Waals surface area contributed by atoms with Crippen LogP contribution in [0, 0.1) is 5.41 Å². The van der Waals surface area contributed by atoms with Crippen LogP contribution < -0.4 is 15.8 Å². The maximum Gasteiger partial charge on any atom is 0.251 e. The standard InChI is InChI=1S/C13H18N2O2/c1-13(5-6-13)8-15-12(16)9-3-4-10(14)11(7-9)17-2/h3-4,7H,5-6,8,14H2,1-2H3,(H,15,16). The molecular formula is C13H18N2O2. The van der Waals surface area contributed by atoms with E-state index in [0.717, 1.165) is 6.54 Å². The average molecular weight is 234 g/mol. The molecule has 0 aromatic heterocycles. The van der Waals surface area contributed by atoms with Gasteiger partial charge in [0.2, 0.25) is 0 Å². The number of hydrogen-bond acceptors (Lipinski definition) is 3. The molecule has 0 spiro atoms. The van der Waals surface area contributed by atoms with E-state index in [2.05, 4.69) is 12.2 Å². The van der Waals surface area contributed by atoms with Gasteiger partial charge in [0.1, 0.15) is 5.75 Å². The van der Waals surface area contributed by atoms with Gasteiger partial charge < -0.3 is 15.8 Å². The van der Waals surface area contributed by atoms with Gasteiger partial charge in [0.15, 0.2) is 0 Å². The second-order valence-electron chi connectivity index (χ2n) is 4.95. The topological polar surface area (TPSA) is 64.3 Å². The predicted octanol–water partition coefficient (Wildman–Crippen LogP) is 1.81. The first-order valence-electron chi connectivity index (χ1n) is 5.76. The van der Waals surface area contributed by atoms with E-state index in [1.807, 2.05) is 0 Å². The second-order valence-corrected chi connectivity index (χ2v) is 4.95. The highest BCUT2D eigenvalue weighted by Crippen LogP contribution is 2.44. The highest BCUT2D eigenvalue weighted by molar-refractivity contribution is 5.95. The van der Waals surface area contributed by atoms with Gasteiger partial charge in [-0.25, -0.2) is 0 Å². The molecule has 1 aromatic carbocycles. The summed E-state index contributed by atoms with van der Waals surface area (Å²) in [5.41, 5.74) is 7.13. The summed E-state index contributed by atoms with van der Waals surface area (Å²) in [6.07, 6.45) is 2.39. The fraction of sp³-hybridized carbons (Fsp3) is 0.462. The van der Waals surface area contributed by atoms with Crippen molar-refractivity contribution in [3.63, 3.8) is 0 Å². The van der Waals surface area contributed by atoms with E-state index in [1.54, 1.807) is 25.3 Å². The summed E-state index contributed by atoms with van der Waals surface area (Å²) in [7, 11) is 1.54. The van der Waals surface area contributed by atoms with Gasteiger partial charge in [-0.1, -0.05) is 6.92 Å². The Morgan fingerprint density at radius 2 is 2.24 bits per heavy atom. The zero-order valence-electron chi connectivity index (χ0n) is 10.2. The number of methoxy groups -OCH3 is 1. The monoisotopic (exact) mass is 234 g/mol. The van der Waals surface area contributed by atoms with E-state index in [0.29, 0.717) is 22.4 Å². The predicted molar refractivity (Wildman–Crippen MR) is 67.1 cm³/mol. The van der Waals surface area contributed by atoms with E-state index < -0.39 is 0 Å². The van der Waals surface area contributed by atoms with Gasteiger partial charge in [-0.15, -0.1) is 0 Å². The minimum Gasteiger partial charge on any atom is -0.495 e. The van der Waals surface area contributed by atoms with E-state index in [4.69, 9.17) is 10.5 Å². The molecular weight excluding hydrogens is 216 g/mol. The van der Waals surface area contributed by atoms with Crippen LogP contribution in [0.1, 0.15) is 30.1 Å².